The van der Waals surface area contributed by atoms with Crippen LogP contribution in [0.4, 0.5) is 10.6 Å². The van der Waals surface area contributed by atoms with Crippen LogP contribution in [-0.4, -0.2) is 29.3 Å². The summed E-state index contributed by atoms with van der Waals surface area (Å²) in [6.07, 6.45) is -0.797. The van der Waals surface area contributed by atoms with Gasteiger partial charge in [0.15, 0.2) is 5.82 Å². The lowest BCUT2D eigenvalue weighted by molar-refractivity contribution is 0.0527. The van der Waals surface area contributed by atoms with Crippen molar-refractivity contribution in [3.8, 4) is 0 Å². The second-order valence-electron chi connectivity index (χ2n) is 8.43. The summed E-state index contributed by atoms with van der Waals surface area (Å²) in [5.41, 5.74) is 0.214. The van der Waals surface area contributed by atoms with Gasteiger partial charge >= 0.3 is 12.1 Å². The number of benzene rings is 1. The monoisotopic (exact) mass is 426 g/mol. The van der Waals surface area contributed by atoms with Crippen LogP contribution >= 0.6 is 0 Å². The maximum Gasteiger partial charge on any atom is 0.413 e. The van der Waals surface area contributed by atoms with Crippen molar-refractivity contribution >= 4 is 39.9 Å². The number of anilines is 1. The lowest BCUT2D eigenvalue weighted by Gasteiger charge is -2.20. The molecule has 31 heavy (non-hydrogen) atoms. The number of pyridine rings is 1. The van der Waals surface area contributed by atoms with E-state index < -0.39 is 17.7 Å². The van der Waals surface area contributed by atoms with Crippen molar-refractivity contribution < 1.29 is 23.5 Å². The lowest BCUT2D eigenvalue weighted by atomic mass is 10.0. The van der Waals surface area contributed by atoms with Crippen molar-refractivity contribution in [2.24, 2.45) is 0 Å². The molecule has 3 aromatic rings. The van der Waals surface area contributed by atoms with Crippen LogP contribution in [0.1, 0.15) is 63.4 Å². The minimum absolute atomic E-state index is 0.00564. The molecule has 2 aromatic heterocycles. The van der Waals surface area contributed by atoms with E-state index in [1.807, 2.05) is 19.9 Å². The smallest absolute Gasteiger partial charge is 0.413 e. The molecule has 0 bridgehead atoms. The van der Waals surface area contributed by atoms with E-state index in [9.17, 15) is 14.4 Å². The van der Waals surface area contributed by atoms with Crippen LogP contribution in [0.25, 0.3) is 22.1 Å². The van der Waals surface area contributed by atoms with Crippen molar-refractivity contribution in [2.75, 3.05) is 11.9 Å². The van der Waals surface area contributed by atoms with Gasteiger partial charge in [0.05, 0.1) is 17.4 Å². The fourth-order valence-electron chi connectivity index (χ4n) is 3.02. The van der Waals surface area contributed by atoms with Gasteiger partial charge in [0.1, 0.15) is 16.7 Å². The predicted molar refractivity (Wildman–Crippen MR) is 118 cm³/mol. The molecule has 0 saturated carbocycles. The van der Waals surface area contributed by atoms with Gasteiger partial charge in [-0.25, -0.2) is 9.59 Å². The molecule has 0 fully saturated rings. The lowest BCUT2D eigenvalue weighted by Crippen LogP contribution is -2.28. The summed E-state index contributed by atoms with van der Waals surface area (Å²) in [6.45, 7) is 11.0. The first-order chi connectivity index (χ1) is 14.5. The van der Waals surface area contributed by atoms with Gasteiger partial charge in [-0.3, -0.25) is 10.1 Å². The normalized spacial score (nSPS) is 11.7. The molecule has 3 rings (SSSR count). The number of rotatable bonds is 4. The van der Waals surface area contributed by atoms with Crippen LogP contribution in [0.5, 0.6) is 0 Å². The largest absolute Gasteiger partial charge is 0.462 e. The maximum absolute atomic E-state index is 13.2. The van der Waals surface area contributed by atoms with Crippen molar-refractivity contribution in [2.45, 2.75) is 53.1 Å². The summed E-state index contributed by atoms with van der Waals surface area (Å²) >= 11 is 0. The predicted octanol–water partition coefficient (Wildman–Crippen LogP) is 4.99. The minimum atomic E-state index is -0.797. The van der Waals surface area contributed by atoms with Crippen molar-refractivity contribution in [3.63, 3.8) is 0 Å². The number of esters is 1. The Morgan fingerprint density at radius 2 is 1.87 bits per heavy atom. The Kier molecular flexibility index (Phi) is 6.01. The van der Waals surface area contributed by atoms with Crippen molar-refractivity contribution in [3.05, 3.63) is 45.6 Å². The molecule has 2 heterocycles. The molecule has 164 valence electrons. The van der Waals surface area contributed by atoms with E-state index in [-0.39, 0.29) is 40.4 Å². The molecule has 0 aliphatic carbocycles. The zero-order chi connectivity index (χ0) is 22.9. The van der Waals surface area contributed by atoms with Crippen LogP contribution in [0.2, 0.25) is 0 Å². The first-order valence-corrected chi connectivity index (χ1v) is 10.1. The fraction of sp³-hybridized carbons (Fsp3) is 0.391. The molecule has 1 amide bonds. The van der Waals surface area contributed by atoms with E-state index in [0.717, 1.165) is 5.56 Å². The molecule has 0 spiro atoms. The Hall–Kier alpha value is -3.42. The number of hydrogen-bond donors (Lipinski definition) is 1. The average molecular weight is 426 g/mol. The third-order valence-corrected chi connectivity index (χ3v) is 4.47. The van der Waals surface area contributed by atoms with E-state index in [4.69, 9.17) is 13.9 Å². The maximum atomic E-state index is 13.2. The summed E-state index contributed by atoms with van der Waals surface area (Å²) in [7, 11) is 0. The Bertz CT molecular complexity index is 1220. The summed E-state index contributed by atoms with van der Waals surface area (Å²) < 4.78 is 16.1. The SMILES string of the molecule is CCOC(=O)c1cc2c(=O)c3cc(C(C)C)ccc3oc2nc1NC(=O)OC(C)(C)C. The zero-order valence-electron chi connectivity index (χ0n) is 18.5. The summed E-state index contributed by atoms with van der Waals surface area (Å²) in [4.78, 5) is 42.2. The number of nitrogens with one attached hydrogen (secondary N) is 1. The first kappa shape index (κ1) is 22.3. The topological polar surface area (TPSA) is 108 Å². The Morgan fingerprint density at radius 1 is 1.16 bits per heavy atom. The summed E-state index contributed by atoms with van der Waals surface area (Å²) in [5, 5.41) is 2.96. The molecule has 1 aromatic carbocycles. The minimum Gasteiger partial charge on any atom is -0.462 e. The molecule has 0 radical (unpaired) electrons. The van der Waals surface area contributed by atoms with Gasteiger partial charge in [-0.05, 0) is 57.4 Å². The van der Waals surface area contributed by atoms with Gasteiger partial charge in [-0.1, -0.05) is 19.9 Å². The number of aromatic nitrogens is 1. The van der Waals surface area contributed by atoms with Gasteiger partial charge in [0.2, 0.25) is 11.1 Å². The van der Waals surface area contributed by atoms with Gasteiger partial charge in [-0.15, -0.1) is 0 Å². The van der Waals surface area contributed by atoms with Crippen LogP contribution < -0.4 is 10.7 Å². The van der Waals surface area contributed by atoms with Crippen LogP contribution in [-0.2, 0) is 9.47 Å². The molecule has 0 saturated heterocycles. The van der Waals surface area contributed by atoms with E-state index in [2.05, 4.69) is 10.3 Å². The highest BCUT2D eigenvalue weighted by Crippen LogP contribution is 2.26. The van der Waals surface area contributed by atoms with Crippen molar-refractivity contribution in [1.82, 2.24) is 4.98 Å². The Balaban J connectivity index is 2.20. The highest BCUT2D eigenvalue weighted by Gasteiger charge is 2.23. The Morgan fingerprint density at radius 3 is 2.48 bits per heavy atom. The second kappa shape index (κ2) is 8.37. The molecule has 1 N–H and O–H groups in total. The van der Waals surface area contributed by atoms with Crippen LogP contribution in [0, 0.1) is 0 Å². The quantitative estimate of drug-likeness (QED) is 0.462. The number of hydrogen-bond acceptors (Lipinski definition) is 7. The fourth-order valence-corrected chi connectivity index (χ4v) is 3.02. The van der Waals surface area contributed by atoms with E-state index in [0.29, 0.717) is 11.0 Å². The van der Waals surface area contributed by atoms with Gasteiger partial charge < -0.3 is 13.9 Å². The van der Waals surface area contributed by atoms with Crippen LogP contribution in [0.15, 0.2) is 33.5 Å². The second-order valence-corrected chi connectivity index (χ2v) is 8.43. The molecular weight excluding hydrogens is 400 g/mol. The number of nitrogens with zero attached hydrogens (tertiary/aromatic N) is 1. The number of fused-ring (bicyclic) bond motifs is 2. The van der Waals surface area contributed by atoms with E-state index in [1.54, 1.807) is 39.8 Å². The van der Waals surface area contributed by atoms with E-state index >= 15 is 0 Å². The number of ether oxygens (including phenoxy) is 2. The Labute approximate surface area is 179 Å². The van der Waals surface area contributed by atoms with Gasteiger partial charge in [-0.2, -0.15) is 4.98 Å². The number of carbonyl (C=O) groups is 2. The van der Waals surface area contributed by atoms with Gasteiger partial charge in [0.25, 0.3) is 0 Å². The van der Waals surface area contributed by atoms with E-state index in [1.165, 1.54) is 6.07 Å². The standard InChI is InChI=1S/C23H26N2O6/c1-7-29-21(27)16-11-15-18(26)14-10-13(12(2)3)8-9-17(14)30-20(15)24-19(16)25-22(28)31-23(4,5)6/h8-12H,7H2,1-6H3,(H,24,25,28). The van der Waals surface area contributed by atoms with Gasteiger partial charge in [0, 0.05) is 0 Å². The summed E-state index contributed by atoms with van der Waals surface area (Å²) in [5.74, 6) is -0.604. The van der Waals surface area contributed by atoms with Crippen molar-refractivity contribution in [1.29, 1.82) is 0 Å². The number of carbonyl (C=O) groups excluding carboxylic acids is 2. The third-order valence-electron chi connectivity index (χ3n) is 4.47. The highest BCUT2D eigenvalue weighted by molar-refractivity contribution is 6.02. The molecular formula is C23H26N2O6. The molecule has 0 aliphatic heterocycles. The third kappa shape index (κ3) is 4.84. The molecule has 0 atom stereocenters. The highest BCUT2D eigenvalue weighted by atomic mass is 16.6. The molecule has 0 unspecified atom stereocenters. The number of amides is 1. The molecule has 0 aliphatic rings. The molecule has 8 nitrogen and oxygen atoms in total. The molecule has 8 heteroatoms. The summed E-state index contributed by atoms with van der Waals surface area (Å²) in [6, 6.07) is 6.71. The zero-order valence-corrected chi connectivity index (χ0v) is 18.5. The van der Waals surface area contributed by atoms with Crippen LogP contribution in [0.3, 0.4) is 0 Å². The average Bonchev–Trinajstić information content (AvgIpc) is 2.66. The first-order valence-electron chi connectivity index (χ1n) is 10.1.